The van der Waals surface area contributed by atoms with E-state index >= 15 is 0 Å². The molecule has 2 N–H and O–H groups in total. The Kier molecular flexibility index (Phi) is 5.08. The van der Waals surface area contributed by atoms with E-state index in [1.165, 1.54) is 25.1 Å². The third-order valence-electron chi connectivity index (χ3n) is 2.42. The minimum Gasteiger partial charge on any atom is -0.389 e. The predicted octanol–water partition coefficient (Wildman–Crippen LogP) is 0.0628. The number of hydrogen-bond donors (Lipinski definition) is 2. The molecule has 1 atom stereocenters. The van der Waals surface area contributed by atoms with Crippen molar-refractivity contribution < 1.29 is 21.9 Å². The third-order valence-corrected chi connectivity index (χ3v) is 4.82. The van der Waals surface area contributed by atoms with Crippen LogP contribution in [-0.4, -0.2) is 40.5 Å². The van der Waals surface area contributed by atoms with Gasteiger partial charge in [0, 0.05) is 12.8 Å². The van der Waals surface area contributed by atoms with Gasteiger partial charge in [-0.1, -0.05) is 12.1 Å². The zero-order valence-corrected chi connectivity index (χ0v) is 12.3. The summed E-state index contributed by atoms with van der Waals surface area (Å²) in [6.07, 6.45) is 0.265. The molecule has 0 fully saturated rings. The Morgan fingerprint density at radius 3 is 2.42 bits per heavy atom. The molecule has 0 aliphatic carbocycles. The second-order valence-electron chi connectivity index (χ2n) is 4.28. The lowest BCUT2D eigenvalue weighted by Gasteiger charge is -2.09. The van der Waals surface area contributed by atoms with Gasteiger partial charge in [0.1, 0.15) is 9.84 Å². The number of rotatable bonds is 6. The van der Waals surface area contributed by atoms with Crippen molar-refractivity contribution in [3.63, 3.8) is 0 Å². The van der Waals surface area contributed by atoms with Crippen LogP contribution in [0.25, 0.3) is 0 Å². The average molecular weight is 307 g/mol. The number of benzene rings is 1. The summed E-state index contributed by atoms with van der Waals surface area (Å²) in [5.41, 5.74) is 0.478. The third kappa shape index (κ3) is 5.27. The van der Waals surface area contributed by atoms with E-state index in [0.717, 1.165) is 6.26 Å². The molecule has 0 amide bonds. The van der Waals surface area contributed by atoms with Gasteiger partial charge in [0.25, 0.3) is 0 Å². The van der Waals surface area contributed by atoms with Crippen LogP contribution in [-0.2, 0) is 19.9 Å². The first-order valence-corrected chi connectivity index (χ1v) is 9.11. The molecule has 1 aromatic carbocycles. The number of sulfonamides is 1. The van der Waals surface area contributed by atoms with Crippen molar-refractivity contribution in [3.8, 4) is 0 Å². The zero-order chi connectivity index (χ0) is 14.7. The lowest BCUT2D eigenvalue weighted by atomic mass is 10.1. The molecule has 0 spiro atoms. The van der Waals surface area contributed by atoms with Gasteiger partial charge in [-0.2, -0.15) is 0 Å². The summed E-state index contributed by atoms with van der Waals surface area (Å²) in [5.74, 6) is -0.262. The highest BCUT2D eigenvalue weighted by atomic mass is 32.2. The molecule has 0 radical (unpaired) electrons. The second-order valence-corrected chi connectivity index (χ2v) is 8.30. The van der Waals surface area contributed by atoms with E-state index in [0.29, 0.717) is 5.56 Å². The van der Waals surface area contributed by atoms with Crippen molar-refractivity contribution in [3.05, 3.63) is 29.8 Å². The molecular formula is C11H17NO5S2. The molecule has 1 rings (SSSR count). The fourth-order valence-electron chi connectivity index (χ4n) is 1.39. The van der Waals surface area contributed by atoms with Crippen LogP contribution in [0.4, 0.5) is 0 Å². The molecule has 108 valence electrons. The summed E-state index contributed by atoms with van der Waals surface area (Å²) < 4.78 is 47.9. The van der Waals surface area contributed by atoms with Crippen molar-refractivity contribution in [1.82, 2.24) is 4.72 Å². The maximum Gasteiger partial charge on any atom is 0.240 e. The van der Waals surface area contributed by atoms with Gasteiger partial charge < -0.3 is 5.11 Å². The molecule has 0 aliphatic rings. The molecule has 0 saturated heterocycles. The molecule has 8 heteroatoms. The Hall–Kier alpha value is -0.960. The van der Waals surface area contributed by atoms with Crippen LogP contribution in [0.3, 0.4) is 0 Å². The number of aliphatic hydroxyl groups excluding tert-OH is 1. The molecule has 1 aromatic rings. The Morgan fingerprint density at radius 1 is 1.26 bits per heavy atom. The molecule has 0 bridgehead atoms. The fraction of sp³-hybridized carbons (Fsp3) is 0.455. The number of sulfone groups is 1. The Labute approximate surface area is 113 Å². The van der Waals surface area contributed by atoms with Gasteiger partial charge in [0.2, 0.25) is 10.0 Å². The Balaban J connectivity index is 2.86. The molecule has 6 nitrogen and oxygen atoms in total. The summed E-state index contributed by atoms with van der Waals surface area (Å²) in [4.78, 5) is -0.000555. The van der Waals surface area contributed by atoms with E-state index in [1.54, 1.807) is 6.07 Å². The van der Waals surface area contributed by atoms with E-state index in [1.807, 2.05) is 0 Å². The van der Waals surface area contributed by atoms with Crippen LogP contribution in [0.5, 0.6) is 0 Å². The van der Waals surface area contributed by atoms with Crippen molar-refractivity contribution in [1.29, 1.82) is 0 Å². The minimum atomic E-state index is -3.76. The smallest absolute Gasteiger partial charge is 0.240 e. The van der Waals surface area contributed by atoms with Crippen LogP contribution >= 0.6 is 0 Å². The van der Waals surface area contributed by atoms with Gasteiger partial charge in [-0.3, -0.25) is 0 Å². The lowest BCUT2D eigenvalue weighted by Crippen LogP contribution is -2.29. The van der Waals surface area contributed by atoms with Crippen molar-refractivity contribution in [2.24, 2.45) is 0 Å². The van der Waals surface area contributed by atoms with E-state index in [9.17, 15) is 21.9 Å². The van der Waals surface area contributed by atoms with Gasteiger partial charge in [-0.05, 0) is 24.6 Å². The summed E-state index contributed by atoms with van der Waals surface area (Å²) in [6, 6.07) is 5.87. The first kappa shape index (κ1) is 16.1. The summed E-state index contributed by atoms with van der Waals surface area (Å²) in [6.45, 7) is 1.35. The molecule has 19 heavy (non-hydrogen) atoms. The molecule has 0 heterocycles. The SMILES string of the molecule is CC(O)c1cccc(S(=O)(=O)NCCS(C)(=O)=O)c1. The summed E-state index contributed by atoms with van der Waals surface area (Å²) >= 11 is 0. The summed E-state index contributed by atoms with van der Waals surface area (Å²) in [7, 11) is -6.98. The van der Waals surface area contributed by atoms with E-state index in [2.05, 4.69) is 4.72 Å². The van der Waals surface area contributed by atoms with E-state index in [4.69, 9.17) is 0 Å². The predicted molar refractivity (Wildman–Crippen MR) is 72.0 cm³/mol. The van der Waals surface area contributed by atoms with Crippen molar-refractivity contribution >= 4 is 19.9 Å². The topological polar surface area (TPSA) is 101 Å². The van der Waals surface area contributed by atoms with Crippen LogP contribution in [0.2, 0.25) is 0 Å². The van der Waals surface area contributed by atoms with Crippen LogP contribution in [0, 0.1) is 0 Å². The van der Waals surface area contributed by atoms with Crippen LogP contribution in [0.15, 0.2) is 29.2 Å². The van der Waals surface area contributed by atoms with Crippen molar-refractivity contribution in [2.45, 2.75) is 17.9 Å². The van der Waals surface area contributed by atoms with Gasteiger partial charge in [-0.15, -0.1) is 0 Å². The Bertz CT molecular complexity index is 635. The maximum absolute atomic E-state index is 11.9. The highest BCUT2D eigenvalue weighted by Crippen LogP contribution is 2.16. The molecule has 0 aliphatic heterocycles. The maximum atomic E-state index is 11.9. The Morgan fingerprint density at radius 2 is 1.89 bits per heavy atom. The monoisotopic (exact) mass is 307 g/mol. The number of hydrogen-bond acceptors (Lipinski definition) is 5. The van der Waals surface area contributed by atoms with Crippen LogP contribution < -0.4 is 4.72 Å². The highest BCUT2D eigenvalue weighted by Gasteiger charge is 2.15. The standard InChI is InChI=1S/C11H17NO5S2/c1-9(13)10-4-3-5-11(8-10)19(16,17)12-6-7-18(2,14)15/h3-5,8-9,12-13H,6-7H2,1-2H3. The summed E-state index contributed by atoms with van der Waals surface area (Å²) in [5, 5.41) is 9.40. The number of nitrogens with one attached hydrogen (secondary N) is 1. The second kappa shape index (κ2) is 6.00. The number of aliphatic hydroxyl groups is 1. The largest absolute Gasteiger partial charge is 0.389 e. The van der Waals surface area contributed by atoms with Crippen molar-refractivity contribution in [2.75, 3.05) is 18.6 Å². The van der Waals surface area contributed by atoms with Gasteiger partial charge in [-0.25, -0.2) is 21.6 Å². The van der Waals surface area contributed by atoms with Gasteiger partial charge >= 0.3 is 0 Å². The minimum absolute atomic E-state index is 0.000555. The fourth-order valence-corrected chi connectivity index (χ4v) is 3.07. The zero-order valence-electron chi connectivity index (χ0n) is 10.7. The average Bonchev–Trinajstić information content (AvgIpc) is 2.27. The first-order valence-electron chi connectivity index (χ1n) is 5.57. The van der Waals surface area contributed by atoms with E-state index in [-0.39, 0.29) is 17.2 Å². The molecular weight excluding hydrogens is 290 g/mol. The highest BCUT2D eigenvalue weighted by molar-refractivity contribution is 7.91. The molecule has 0 aromatic heterocycles. The first-order chi connectivity index (χ1) is 8.62. The molecule has 1 unspecified atom stereocenters. The quantitative estimate of drug-likeness (QED) is 0.774. The van der Waals surface area contributed by atoms with Gasteiger partial charge in [0.15, 0.2) is 0 Å². The van der Waals surface area contributed by atoms with Gasteiger partial charge in [0.05, 0.1) is 16.8 Å². The molecule has 0 saturated carbocycles. The van der Waals surface area contributed by atoms with E-state index < -0.39 is 26.0 Å². The normalized spacial score (nSPS) is 14.3. The lowest BCUT2D eigenvalue weighted by molar-refractivity contribution is 0.199. The van der Waals surface area contributed by atoms with Crippen LogP contribution in [0.1, 0.15) is 18.6 Å².